The SMILES string of the molecule is N#Cc1ccnc(N2CCC(C(=O)OC(=O)C(F)(F)F)CC2)n1. The molecular weight excluding hydrogens is 317 g/mol. The molecule has 0 radical (unpaired) electrons. The van der Waals surface area contributed by atoms with E-state index in [1.807, 2.05) is 6.07 Å². The van der Waals surface area contributed by atoms with Crippen molar-refractivity contribution in [2.45, 2.75) is 19.0 Å². The van der Waals surface area contributed by atoms with E-state index in [9.17, 15) is 22.8 Å². The highest BCUT2D eigenvalue weighted by Gasteiger charge is 2.43. The lowest BCUT2D eigenvalue weighted by atomic mass is 9.97. The third-order valence-corrected chi connectivity index (χ3v) is 3.29. The molecule has 2 rings (SSSR count). The molecule has 1 aromatic rings. The number of aromatic nitrogens is 2. The summed E-state index contributed by atoms with van der Waals surface area (Å²) in [6, 6.07) is 3.31. The number of hydrogen-bond donors (Lipinski definition) is 0. The van der Waals surface area contributed by atoms with Crippen LogP contribution in [0.4, 0.5) is 19.1 Å². The fourth-order valence-electron chi connectivity index (χ4n) is 2.11. The van der Waals surface area contributed by atoms with Crippen LogP contribution in [0.15, 0.2) is 12.3 Å². The second-order valence-electron chi connectivity index (χ2n) is 4.82. The van der Waals surface area contributed by atoms with E-state index in [1.54, 1.807) is 4.90 Å². The van der Waals surface area contributed by atoms with E-state index in [0.717, 1.165) is 0 Å². The van der Waals surface area contributed by atoms with E-state index in [4.69, 9.17) is 5.26 Å². The molecule has 0 amide bonds. The topological polar surface area (TPSA) is 96.2 Å². The number of piperidine rings is 1. The Hall–Kier alpha value is -2.70. The first kappa shape index (κ1) is 16.7. The molecule has 10 heteroatoms. The van der Waals surface area contributed by atoms with Crippen LogP contribution < -0.4 is 4.90 Å². The monoisotopic (exact) mass is 328 g/mol. The molecule has 0 saturated carbocycles. The Morgan fingerprint density at radius 2 is 2.00 bits per heavy atom. The molecule has 0 N–H and O–H groups in total. The zero-order valence-electron chi connectivity index (χ0n) is 11.7. The first-order chi connectivity index (χ1) is 10.8. The minimum Gasteiger partial charge on any atom is -0.386 e. The fraction of sp³-hybridized carbons (Fsp3) is 0.462. The van der Waals surface area contributed by atoms with Crippen molar-refractivity contribution in [2.75, 3.05) is 18.0 Å². The third-order valence-electron chi connectivity index (χ3n) is 3.29. The number of halogens is 3. The highest BCUT2D eigenvalue weighted by Crippen LogP contribution is 2.23. The van der Waals surface area contributed by atoms with Gasteiger partial charge < -0.3 is 9.64 Å². The summed E-state index contributed by atoms with van der Waals surface area (Å²) < 4.78 is 40.0. The van der Waals surface area contributed by atoms with Crippen LogP contribution in [0.3, 0.4) is 0 Å². The summed E-state index contributed by atoms with van der Waals surface area (Å²) in [6.45, 7) is 0.601. The van der Waals surface area contributed by atoms with Crippen LogP contribution in [0.5, 0.6) is 0 Å². The maximum absolute atomic E-state index is 12.1. The lowest BCUT2D eigenvalue weighted by molar-refractivity contribution is -0.203. The smallest absolute Gasteiger partial charge is 0.386 e. The Bertz CT molecular complexity index is 649. The van der Waals surface area contributed by atoms with Gasteiger partial charge in [-0.25, -0.2) is 14.8 Å². The van der Waals surface area contributed by atoms with Crippen molar-refractivity contribution in [3.05, 3.63) is 18.0 Å². The van der Waals surface area contributed by atoms with E-state index in [2.05, 4.69) is 14.7 Å². The summed E-state index contributed by atoms with van der Waals surface area (Å²) in [5, 5.41) is 8.78. The van der Waals surface area contributed by atoms with Crippen LogP contribution in [-0.2, 0) is 14.3 Å². The molecule has 1 saturated heterocycles. The van der Waals surface area contributed by atoms with Crippen LogP contribution in [0.25, 0.3) is 0 Å². The maximum atomic E-state index is 12.1. The van der Waals surface area contributed by atoms with E-state index < -0.39 is 24.0 Å². The van der Waals surface area contributed by atoms with Crippen molar-refractivity contribution in [2.24, 2.45) is 5.92 Å². The Balaban J connectivity index is 1.92. The summed E-state index contributed by atoms with van der Waals surface area (Å²) in [6.07, 6.45) is -3.38. The van der Waals surface area contributed by atoms with Gasteiger partial charge in [-0.3, -0.25) is 4.79 Å². The van der Waals surface area contributed by atoms with Crippen molar-refractivity contribution in [1.82, 2.24) is 9.97 Å². The van der Waals surface area contributed by atoms with Crippen molar-refractivity contribution in [1.29, 1.82) is 5.26 Å². The number of nitriles is 1. The van der Waals surface area contributed by atoms with Crippen LogP contribution in [-0.4, -0.2) is 41.2 Å². The second-order valence-corrected chi connectivity index (χ2v) is 4.82. The highest BCUT2D eigenvalue weighted by molar-refractivity contribution is 5.89. The molecule has 7 nitrogen and oxygen atoms in total. The Labute approximate surface area is 128 Å². The Morgan fingerprint density at radius 3 is 2.57 bits per heavy atom. The summed E-state index contributed by atoms with van der Waals surface area (Å²) in [5.74, 6) is -4.17. The van der Waals surface area contributed by atoms with Crippen LogP contribution in [0, 0.1) is 17.2 Å². The van der Waals surface area contributed by atoms with E-state index in [1.165, 1.54) is 12.3 Å². The van der Waals surface area contributed by atoms with E-state index in [-0.39, 0.29) is 18.5 Å². The molecule has 0 aromatic carbocycles. The zero-order valence-corrected chi connectivity index (χ0v) is 11.7. The molecule has 122 valence electrons. The molecule has 1 aliphatic heterocycles. The number of carbonyl (C=O) groups excluding carboxylic acids is 2. The van der Waals surface area contributed by atoms with Crippen molar-refractivity contribution in [3.63, 3.8) is 0 Å². The molecule has 0 bridgehead atoms. The normalized spacial score (nSPS) is 15.8. The first-order valence-electron chi connectivity index (χ1n) is 6.62. The van der Waals surface area contributed by atoms with Gasteiger partial charge in [0, 0.05) is 19.3 Å². The molecule has 0 spiro atoms. The van der Waals surface area contributed by atoms with Gasteiger partial charge in [0.2, 0.25) is 5.95 Å². The van der Waals surface area contributed by atoms with Gasteiger partial charge in [-0.05, 0) is 18.9 Å². The van der Waals surface area contributed by atoms with Crippen LogP contribution in [0.1, 0.15) is 18.5 Å². The van der Waals surface area contributed by atoms with E-state index in [0.29, 0.717) is 19.0 Å². The first-order valence-corrected chi connectivity index (χ1v) is 6.62. The summed E-state index contributed by atoms with van der Waals surface area (Å²) in [5.41, 5.74) is 0.187. The van der Waals surface area contributed by atoms with Gasteiger partial charge in [0.25, 0.3) is 0 Å². The van der Waals surface area contributed by atoms with Gasteiger partial charge in [-0.2, -0.15) is 18.4 Å². The lowest BCUT2D eigenvalue weighted by Gasteiger charge is -2.30. The number of anilines is 1. The van der Waals surface area contributed by atoms with Crippen LogP contribution >= 0.6 is 0 Å². The van der Waals surface area contributed by atoms with Gasteiger partial charge in [0.05, 0.1) is 5.92 Å². The molecule has 1 fully saturated rings. The number of carbonyl (C=O) groups is 2. The second kappa shape index (κ2) is 6.60. The average molecular weight is 328 g/mol. The number of hydrogen-bond acceptors (Lipinski definition) is 7. The standard InChI is InChI=1S/C13H11F3N4O3/c14-13(15,16)11(22)23-10(21)8-2-5-20(6-3-8)12-18-4-1-9(7-17)19-12/h1,4,8H,2-3,5-6H2. The van der Waals surface area contributed by atoms with Gasteiger partial charge in [0.15, 0.2) is 0 Å². The molecule has 1 aromatic heterocycles. The third kappa shape index (κ3) is 4.15. The van der Waals surface area contributed by atoms with Crippen molar-refractivity contribution < 1.29 is 27.5 Å². The summed E-state index contributed by atoms with van der Waals surface area (Å²) >= 11 is 0. The Kier molecular flexibility index (Phi) is 4.78. The number of rotatable bonds is 2. The van der Waals surface area contributed by atoms with Gasteiger partial charge >= 0.3 is 18.1 Å². The molecule has 23 heavy (non-hydrogen) atoms. The fourth-order valence-corrected chi connectivity index (χ4v) is 2.11. The molecule has 1 aliphatic rings. The number of nitrogens with zero attached hydrogens (tertiary/aromatic N) is 4. The predicted molar refractivity (Wildman–Crippen MR) is 68.8 cm³/mol. The molecule has 0 unspecified atom stereocenters. The minimum atomic E-state index is -5.19. The Morgan fingerprint density at radius 1 is 1.35 bits per heavy atom. The quantitative estimate of drug-likeness (QED) is 0.594. The minimum absolute atomic E-state index is 0.187. The largest absolute Gasteiger partial charge is 0.491 e. The van der Waals surface area contributed by atoms with Gasteiger partial charge in [0.1, 0.15) is 11.8 Å². The molecule has 0 aliphatic carbocycles. The summed E-state index contributed by atoms with van der Waals surface area (Å²) in [7, 11) is 0. The zero-order chi connectivity index (χ0) is 17.0. The molecule has 0 atom stereocenters. The number of ether oxygens (including phenoxy) is 1. The van der Waals surface area contributed by atoms with Gasteiger partial charge in [-0.15, -0.1) is 0 Å². The van der Waals surface area contributed by atoms with Crippen molar-refractivity contribution >= 4 is 17.9 Å². The lowest BCUT2D eigenvalue weighted by Crippen LogP contribution is -2.39. The summed E-state index contributed by atoms with van der Waals surface area (Å²) in [4.78, 5) is 31.9. The van der Waals surface area contributed by atoms with Crippen LogP contribution in [0.2, 0.25) is 0 Å². The number of alkyl halides is 3. The van der Waals surface area contributed by atoms with Crippen molar-refractivity contribution in [3.8, 4) is 6.07 Å². The molecule has 2 heterocycles. The maximum Gasteiger partial charge on any atom is 0.491 e. The molecular formula is C13H11F3N4O3. The average Bonchev–Trinajstić information content (AvgIpc) is 2.54. The van der Waals surface area contributed by atoms with E-state index >= 15 is 0 Å². The highest BCUT2D eigenvalue weighted by atomic mass is 19.4. The number of esters is 2. The van der Waals surface area contributed by atoms with Gasteiger partial charge in [-0.1, -0.05) is 0 Å². The predicted octanol–water partition coefficient (Wildman–Crippen LogP) is 1.20.